The van der Waals surface area contributed by atoms with Crippen LogP contribution in [-0.2, 0) is 19.1 Å². The molecule has 3 aliphatic rings. The highest BCUT2D eigenvalue weighted by Crippen LogP contribution is 2.51. The number of cyclic esters (lactones) is 1. The highest BCUT2D eigenvalue weighted by molar-refractivity contribution is 5.81. The molecule has 3 rings (SSSR count). The molecule has 0 amide bonds. The quantitative estimate of drug-likeness (QED) is 0.389. The van der Waals surface area contributed by atoms with Crippen molar-refractivity contribution >= 4 is 11.9 Å². The Morgan fingerprint density at radius 1 is 1.17 bits per heavy atom. The van der Waals surface area contributed by atoms with E-state index in [1.807, 2.05) is 0 Å². The van der Waals surface area contributed by atoms with Gasteiger partial charge in [-0.2, -0.15) is 0 Å². The highest BCUT2D eigenvalue weighted by Gasteiger charge is 2.46. The van der Waals surface area contributed by atoms with Crippen LogP contribution in [-0.4, -0.2) is 24.6 Å². The smallest absolute Gasteiger partial charge is 0.330 e. The van der Waals surface area contributed by atoms with E-state index in [1.165, 1.54) is 44.6 Å². The van der Waals surface area contributed by atoms with Gasteiger partial charge in [-0.05, 0) is 43.4 Å². The van der Waals surface area contributed by atoms with Crippen molar-refractivity contribution in [3.05, 3.63) is 12.7 Å². The molecule has 4 nitrogen and oxygen atoms in total. The van der Waals surface area contributed by atoms with Crippen LogP contribution in [0.5, 0.6) is 0 Å². The van der Waals surface area contributed by atoms with Crippen LogP contribution in [0.2, 0.25) is 0 Å². The normalized spacial score (nSPS) is 35.3. The lowest BCUT2D eigenvalue weighted by Crippen LogP contribution is -2.26. The van der Waals surface area contributed by atoms with Gasteiger partial charge in [0.1, 0.15) is 6.10 Å². The van der Waals surface area contributed by atoms with Crippen LogP contribution < -0.4 is 0 Å². The minimum atomic E-state index is -0.270. The lowest BCUT2D eigenvalue weighted by atomic mass is 9.83. The second-order valence-electron chi connectivity index (χ2n) is 7.56. The Labute approximate surface area is 138 Å². The summed E-state index contributed by atoms with van der Waals surface area (Å²) >= 11 is 0. The minimum absolute atomic E-state index is 0.0244. The third-order valence-electron chi connectivity index (χ3n) is 6.00. The van der Waals surface area contributed by atoms with Crippen LogP contribution in [0.1, 0.15) is 57.8 Å². The molecule has 5 atom stereocenters. The van der Waals surface area contributed by atoms with Crippen molar-refractivity contribution in [3.63, 3.8) is 0 Å². The number of fused-ring (bicyclic) bond motifs is 2. The topological polar surface area (TPSA) is 52.6 Å². The van der Waals surface area contributed by atoms with Crippen LogP contribution in [0.25, 0.3) is 0 Å². The molecule has 0 aromatic rings. The Morgan fingerprint density at radius 2 is 2.00 bits per heavy atom. The second kappa shape index (κ2) is 7.50. The number of ether oxygens (including phenoxy) is 2. The van der Waals surface area contributed by atoms with Crippen molar-refractivity contribution < 1.29 is 19.1 Å². The molecular weight excluding hydrogens is 292 g/mol. The van der Waals surface area contributed by atoms with E-state index in [2.05, 4.69) is 6.58 Å². The third kappa shape index (κ3) is 4.15. The van der Waals surface area contributed by atoms with Gasteiger partial charge in [-0.15, -0.1) is 0 Å². The van der Waals surface area contributed by atoms with E-state index in [4.69, 9.17) is 9.47 Å². The van der Waals surface area contributed by atoms with Gasteiger partial charge in [0.05, 0.1) is 13.0 Å². The first kappa shape index (κ1) is 16.5. The summed E-state index contributed by atoms with van der Waals surface area (Å²) in [6.07, 6.45) is 11.7. The summed E-state index contributed by atoms with van der Waals surface area (Å²) in [7, 11) is 0. The van der Waals surface area contributed by atoms with Gasteiger partial charge < -0.3 is 9.47 Å². The van der Waals surface area contributed by atoms with Crippen LogP contribution in [0, 0.1) is 23.7 Å². The van der Waals surface area contributed by atoms with Gasteiger partial charge in [0.25, 0.3) is 0 Å². The Morgan fingerprint density at radius 3 is 2.65 bits per heavy atom. The largest absolute Gasteiger partial charge is 0.465 e. The molecule has 23 heavy (non-hydrogen) atoms. The summed E-state index contributed by atoms with van der Waals surface area (Å²) in [4.78, 5) is 22.4. The molecule has 2 aliphatic carbocycles. The number of unbranched alkanes of at least 4 members (excludes halogenated alkanes) is 2. The number of esters is 2. The maximum Gasteiger partial charge on any atom is 0.330 e. The van der Waals surface area contributed by atoms with Crippen LogP contribution >= 0.6 is 0 Å². The van der Waals surface area contributed by atoms with Crippen LogP contribution in [0.15, 0.2) is 12.7 Å². The Bertz CT molecular complexity index is 458. The zero-order chi connectivity index (χ0) is 16.2. The first-order valence-corrected chi connectivity index (χ1v) is 9.14. The molecule has 2 bridgehead atoms. The molecule has 0 spiro atoms. The first-order valence-electron chi connectivity index (χ1n) is 9.14. The van der Waals surface area contributed by atoms with E-state index in [0.717, 1.165) is 24.7 Å². The van der Waals surface area contributed by atoms with Crippen LogP contribution in [0.4, 0.5) is 0 Å². The van der Waals surface area contributed by atoms with Gasteiger partial charge in [-0.1, -0.05) is 32.3 Å². The lowest BCUT2D eigenvalue weighted by molar-refractivity contribution is -0.145. The molecule has 1 aliphatic heterocycles. The molecule has 0 aromatic heterocycles. The van der Waals surface area contributed by atoms with Gasteiger partial charge in [0.15, 0.2) is 0 Å². The van der Waals surface area contributed by atoms with Gasteiger partial charge in [-0.25, -0.2) is 4.79 Å². The Balaban J connectivity index is 1.27. The van der Waals surface area contributed by atoms with Crippen molar-refractivity contribution in [2.45, 2.75) is 63.9 Å². The van der Waals surface area contributed by atoms with E-state index in [1.54, 1.807) is 0 Å². The Hall–Kier alpha value is -1.32. The fraction of sp³-hybridized carbons (Fsp3) is 0.789. The summed E-state index contributed by atoms with van der Waals surface area (Å²) in [6, 6.07) is 0. The van der Waals surface area contributed by atoms with Gasteiger partial charge in [-0.3, -0.25) is 4.79 Å². The first-order chi connectivity index (χ1) is 11.2. The molecule has 1 heterocycles. The predicted octanol–water partition coefficient (Wildman–Crippen LogP) is 3.64. The maximum absolute atomic E-state index is 11.3. The molecule has 5 unspecified atom stereocenters. The van der Waals surface area contributed by atoms with E-state index in [-0.39, 0.29) is 18.0 Å². The van der Waals surface area contributed by atoms with Gasteiger partial charge >= 0.3 is 11.9 Å². The summed E-state index contributed by atoms with van der Waals surface area (Å²) in [5.74, 6) is 2.33. The zero-order valence-corrected chi connectivity index (χ0v) is 13.9. The number of carbonyl (C=O) groups excluding carboxylic acids is 2. The van der Waals surface area contributed by atoms with Crippen molar-refractivity contribution in [3.8, 4) is 0 Å². The fourth-order valence-electron chi connectivity index (χ4n) is 4.80. The summed E-state index contributed by atoms with van der Waals surface area (Å²) in [6.45, 7) is 4.10. The molecule has 0 aromatic carbocycles. The van der Waals surface area contributed by atoms with E-state index < -0.39 is 0 Å². The maximum atomic E-state index is 11.3. The minimum Gasteiger partial charge on any atom is -0.465 e. The van der Waals surface area contributed by atoms with Crippen LogP contribution in [0.3, 0.4) is 0 Å². The average Bonchev–Trinajstić information content (AvgIpc) is 3.22. The fourth-order valence-corrected chi connectivity index (χ4v) is 4.80. The lowest BCUT2D eigenvalue weighted by Gasteiger charge is -2.27. The summed E-state index contributed by atoms with van der Waals surface area (Å²) in [5, 5.41) is 0. The molecule has 0 radical (unpaired) electrons. The second-order valence-corrected chi connectivity index (χ2v) is 7.56. The summed E-state index contributed by atoms with van der Waals surface area (Å²) < 4.78 is 10.5. The SMILES string of the molecule is C=CC(=O)OC1CC2CC1CC2CCCCCC1COC(=O)C1. The number of rotatable bonds is 8. The molecule has 128 valence electrons. The number of carbonyl (C=O) groups is 2. The molecule has 1 saturated heterocycles. The molecule has 0 N–H and O–H groups in total. The van der Waals surface area contributed by atoms with E-state index >= 15 is 0 Å². The van der Waals surface area contributed by atoms with Crippen molar-refractivity contribution in [1.29, 1.82) is 0 Å². The standard InChI is InChI=1S/C19H28O4/c1-2-18(20)23-17-11-15-10-16(17)9-14(15)7-5-3-4-6-13-8-19(21)22-12-13/h2,13-17H,1,3-12H2. The van der Waals surface area contributed by atoms with Gasteiger partial charge in [0.2, 0.25) is 0 Å². The number of hydrogen-bond acceptors (Lipinski definition) is 4. The van der Waals surface area contributed by atoms with Gasteiger partial charge in [0, 0.05) is 12.0 Å². The van der Waals surface area contributed by atoms with E-state index in [9.17, 15) is 9.59 Å². The summed E-state index contributed by atoms with van der Waals surface area (Å²) in [5.41, 5.74) is 0. The van der Waals surface area contributed by atoms with Crippen molar-refractivity contribution in [2.75, 3.05) is 6.61 Å². The molecule has 4 heteroatoms. The van der Waals surface area contributed by atoms with Crippen molar-refractivity contribution in [2.24, 2.45) is 23.7 Å². The number of hydrogen-bond donors (Lipinski definition) is 0. The monoisotopic (exact) mass is 320 g/mol. The molecular formula is C19H28O4. The van der Waals surface area contributed by atoms with E-state index in [0.29, 0.717) is 24.9 Å². The average molecular weight is 320 g/mol. The Kier molecular flexibility index (Phi) is 5.39. The third-order valence-corrected chi connectivity index (χ3v) is 6.00. The molecule has 3 fully saturated rings. The molecule has 2 saturated carbocycles. The van der Waals surface area contributed by atoms with Crippen molar-refractivity contribution in [1.82, 2.24) is 0 Å². The highest BCUT2D eigenvalue weighted by atomic mass is 16.5. The predicted molar refractivity (Wildman–Crippen MR) is 86.5 cm³/mol. The zero-order valence-electron chi connectivity index (χ0n) is 13.9.